The molecule has 0 fully saturated rings. The summed E-state index contributed by atoms with van der Waals surface area (Å²) in [6.07, 6.45) is 0. The summed E-state index contributed by atoms with van der Waals surface area (Å²) in [5.41, 5.74) is 15.9. The minimum Gasteiger partial charge on any atom is -0.396 e. The number of azo groups is 2. The van der Waals surface area contributed by atoms with Crippen LogP contribution in [0.1, 0.15) is 0 Å². The smallest absolute Gasteiger partial charge is 0.295 e. The Morgan fingerprint density at radius 3 is 1.40 bits per heavy atom. The number of hydrogen-bond donors (Lipinski definition) is 4. The van der Waals surface area contributed by atoms with Gasteiger partial charge in [-0.15, -0.1) is 10.2 Å². The second-order valence-electron chi connectivity index (χ2n) is 10.3. The Balaban J connectivity index is 1.25. The maximum absolute atomic E-state index is 12.0. The molecule has 0 saturated heterocycles. The summed E-state index contributed by atoms with van der Waals surface area (Å²) in [5.74, 6) is 0. The number of hydrogen-bond acceptors (Lipinski definition) is 10. The molecule has 236 valence electrons. The number of halogens is 1. The first-order valence-electron chi connectivity index (χ1n) is 13.6. The topological polar surface area (TPSA) is 210 Å². The van der Waals surface area contributed by atoms with Crippen molar-refractivity contribution in [2.75, 3.05) is 11.5 Å². The zero-order chi connectivity index (χ0) is 33.5. The normalized spacial score (nSPS) is 12.5. The maximum Gasteiger partial charge on any atom is 0.295 e. The van der Waals surface area contributed by atoms with Crippen LogP contribution in [-0.2, 0) is 20.2 Å². The maximum atomic E-state index is 12.0. The Hall–Kier alpha value is -4.81. The van der Waals surface area contributed by atoms with Crippen molar-refractivity contribution in [1.82, 2.24) is 0 Å². The zero-order valence-corrected chi connectivity index (χ0v) is 27.8. The number of nitrogens with zero attached hydrogens (tertiary/aromatic N) is 4. The Bertz CT molecular complexity index is 2510. The molecule has 0 atom stereocenters. The van der Waals surface area contributed by atoms with Crippen molar-refractivity contribution in [3.8, 4) is 11.1 Å². The van der Waals surface area contributed by atoms with Crippen molar-refractivity contribution in [1.29, 1.82) is 0 Å². The highest BCUT2D eigenvalue weighted by molar-refractivity contribution is 14.1. The van der Waals surface area contributed by atoms with Gasteiger partial charge < -0.3 is 11.5 Å². The van der Waals surface area contributed by atoms with E-state index in [1.54, 1.807) is 72.8 Å². The average molecular weight is 775 g/mol. The number of nitrogen functional groups attached to an aromatic ring is 2. The number of anilines is 2. The van der Waals surface area contributed by atoms with Crippen LogP contribution in [-0.4, -0.2) is 25.9 Å². The highest BCUT2D eigenvalue weighted by Gasteiger charge is 2.20. The molecule has 0 aliphatic heterocycles. The molecule has 15 heteroatoms. The van der Waals surface area contributed by atoms with Crippen molar-refractivity contribution in [3.05, 3.63) is 107 Å². The fraction of sp³-hybridized carbons (Fsp3) is 0. The highest BCUT2D eigenvalue weighted by atomic mass is 123. The lowest BCUT2D eigenvalue weighted by atomic mass is 10.1. The van der Waals surface area contributed by atoms with Gasteiger partial charge in [0.1, 0.15) is 21.2 Å². The van der Waals surface area contributed by atoms with Crippen molar-refractivity contribution < 1.29 is 25.9 Å². The lowest BCUT2D eigenvalue weighted by molar-refractivity contribution is 0.482. The SMILES string of the molecule is Nc1c(N=Nc2ccc(-c3ccc(N=Nc4cc(S(=O)(=O)O)c5ccccc5c4N)cc3[123I])cc2)cc(S(=O)(=O)O)c2ccccc12. The van der Waals surface area contributed by atoms with Crippen molar-refractivity contribution in [2.24, 2.45) is 20.5 Å². The Kier molecular flexibility index (Phi) is 8.49. The van der Waals surface area contributed by atoms with Gasteiger partial charge in [-0.1, -0.05) is 66.7 Å². The van der Waals surface area contributed by atoms with Crippen LogP contribution < -0.4 is 11.5 Å². The number of benzene rings is 6. The lowest BCUT2D eigenvalue weighted by Gasteiger charge is -2.09. The summed E-state index contributed by atoms with van der Waals surface area (Å²) in [6, 6.07) is 28.0. The van der Waals surface area contributed by atoms with E-state index in [-0.39, 0.29) is 43.3 Å². The molecule has 0 saturated carbocycles. The van der Waals surface area contributed by atoms with Gasteiger partial charge in [-0.25, -0.2) is 0 Å². The third kappa shape index (κ3) is 6.56. The van der Waals surface area contributed by atoms with Crippen LogP contribution in [0.2, 0.25) is 0 Å². The van der Waals surface area contributed by atoms with Gasteiger partial charge >= 0.3 is 0 Å². The van der Waals surface area contributed by atoms with Crippen LogP contribution >= 0.6 is 22.6 Å². The molecule has 6 rings (SSSR count). The predicted octanol–water partition coefficient (Wildman–Crippen LogP) is 8.75. The van der Waals surface area contributed by atoms with Gasteiger partial charge in [-0.05, 0) is 70.1 Å². The average Bonchev–Trinajstić information content (AvgIpc) is 3.03. The first-order valence-corrected chi connectivity index (χ1v) is 17.6. The monoisotopic (exact) mass is 774 g/mol. The van der Waals surface area contributed by atoms with Gasteiger partial charge in [-0.3, -0.25) is 9.11 Å². The van der Waals surface area contributed by atoms with E-state index >= 15 is 0 Å². The van der Waals surface area contributed by atoms with Gasteiger partial charge in [0, 0.05) is 25.1 Å². The Morgan fingerprint density at radius 2 is 0.957 bits per heavy atom. The summed E-state index contributed by atoms with van der Waals surface area (Å²) < 4.78 is 68.4. The molecule has 0 aliphatic rings. The minimum atomic E-state index is -4.54. The zero-order valence-electron chi connectivity index (χ0n) is 24.0. The Morgan fingerprint density at radius 1 is 0.532 bits per heavy atom. The van der Waals surface area contributed by atoms with Crippen LogP contribution in [0.4, 0.5) is 34.1 Å². The van der Waals surface area contributed by atoms with Gasteiger partial charge in [0.2, 0.25) is 0 Å². The first-order chi connectivity index (χ1) is 22.3. The number of rotatable bonds is 7. The fourth-order valence-corrected chi connectivity index (χ4v) is 7.27. The summed E-state index contributed by atoms with van der Waals surface area (Å²) in [7, 11) is -9.08. The van der Waals surface area contributed by atoms with Gasteiger partial charge in [0.25, 0.3) is 20.2 Å². The molecular formula is C32H23IN6O6S2. The standard InChI is InChI=1S/C32H23IN6O6S2/c33-26-15-20(37-39-28-17-30(47(43,44)45)23-6-2-4-8-25(23)32(28)35)13-14-21(26)18-9-11-19(12-10-18)36-38-27-16-29(46(40,41)42)22-5-1-3-7-24(22)31(27)34/h1-17H,34-35H2,(H,40,41,42)(H,43,44,45)/i33-4. The fourth-order valence-electron chi connectivity index (χ4n) is 5.02. The van der Waals surface area contributed by atoms with Crippen LogP contribution in [0.3, 0.4) is 0 Å². The van der Waals surface area contributed by atoms with Crippen molar-refractivity contribution in [3.63, 3.8) is 0 Å². The Labute approximate surface area is 282 Å². The third-order valence-electron chi connectivity index (χ3n) is 7.29. The van der Waals surface area contributed by atoms with Crippen molar-refractivity contribution in [2.45, 2.75) is 9.79 Å². The second kappa shape index (κ2) is 12.4. The number of fused-ring (bicyclic) bond motifs is 2. The minimum absolute atomic E-state index is 0.0966. The van der Waals surface area contributed by atoms with Gasteiger partial charge in [0.05, 0.1) is 22.7 Å². The highest BCUT2D eigenvalue weighted by Crippen LogP contribution is 2.39. The molecular weight excluding hydrogens is 751 g/mol. The van der Waals surface area contributed by atoms with Crippen LogP contribution in [0, 0.1) is 3.57 Å². The van der Waals surface area contributed by atoms with E-state index < -0.39 is 20.2 Å². The van der Waals surface area contributed by atoms with E-state index in [0.29, 0.717) is 22.1 Å². The first kappa shape index (κ1) is 32.1. The molecule has 0 radical (unpaired) electrons. The molecule has 0 heterocycles. The molecule has 0 unspecified atom stereocenters. The molecule has 6 aromatic rings. The lowest BCUT2D eigenvalue weighted by Crippen LogP contribution is -2.01. The second-order valence-corrected chi connectivity index (χ2v) is 14.2. The van der Waals surface area contributed by atoms with E-state index in [0.717, 1.165) is 14.7 Å². The van der Waals surface area contributed by atoms with E-state index in [9.17, 15) is 25.9 Å². The van der Waals surface area contributed by atoms with Gasteiger partial charge in [-0.2, -0.15) is 27.1 Å². The van der Waals surface area contributed by atoms with Crippen LogP contribution in [0.15, 0.2) is 133 Å². The molecule has 0 aromatic heterocycles. The van der Waals surface area contributed by atoms with E-state index in [1.165, 1.54) is 12.1 Å². The van der Waals surface area contributed by atoms with Crippen LogP contribution in [0.25, 0.3) is 32.7 Å². The molecule has 6 N–H and O–H groups in total. The summed E-state index contributed by atoms with van der Waals surface area (Å²) in [5, 5.41) is 18.2. The predicted molar refractivity (Wildman–Crippen MR) is 189 cm³/mol. The van der Waals surface area contributed by atoms with E-state index in [1.807, 2.05) is 18.2 Å². The molecule has 0 bridgehead atoms. The van der Waals surface area contributed by atoms with Crippen LogP contribution in [0.5, 0.6) is 0 Å². The summed E-state index contributed by atoms with van der Waals surface area (Å²) in [4.78, 5) is -0.625. The van der Waals surface area contributed by atoms with E-state index in [2.05, 4.69) is 43.0 Å². The molecule has 6 aromatic carbocycles. The molecule has 0 amide bonds. The third-order valence-corrected chi connectivity index (χ3v) is 9.97. The largest absolute Gasteiger partial charge is 0.396 e. The van der Waals surface area contributed by atoms with Gasteiger partial charge in [0.15, 0.2) is 0 Å². The molecule has 0 spiro atoms. The van der Waals surface area contributed by atoms with E-state index in [4.69, 9.17) is 11.5 Å². The number of nitrogens with two attached hydrogens (primary N) is 2. The molecule has 0 aliphatic carbocycles. The molecule has 12 nitrogen and oxygen atoms in total. The summed E-state index contributed by atoms with van der Waals surface area (Å²) in [6.45, 7) is 0. The summed E-state index contributed by atoms with van der Waals surface area (Å²) >= 11 is 2.17. The quantitative estimate of drug-likeness (QED) is 0.0532. The molecule has 47 heavy (non-hydrogen) atoms. The van der Waals surface area contributed by atoms with Crippen molar-refractivity contribution >= 4 is 98.5 Å².